The maximum absolute atomic E-state index is 9.26. The van der Waals surface area contributed by atoms with E-state index in [2.05, 4.69) is 86.6 Å². The minimum absolute atomic E-state index is 0.327. The van der Waals surface area contributed by atoms with Gasteiger partial charge in [0.05, 0.1) is 5.69 Å². The lowest BCUT2D eigenvalue weighted by atomic mass is 9.71. The Morgan fingerprint density at radius 1 is 0.800 bits per heavy atom. The van der Waals surface area contributed by atoms with E-state index in [0.717, 1.165) is 69.8 Å². The molecule has 0 radical (unpaired) electrons. The molecule has 0 saturated heterocycles. The maximum Gasteiger partial charge on any atom is 0.144 e. The van der Waals surface area contributed by atoms with E-state index in [1.165, 1.54) is 16.2 Å². The van der Waals surface area contributed by atoms with Crippen LogP contribution in [0.25, 0.3) is 54.7 Å². The summed E-state index contributed by atoms with van der Waals surface area (Å²) in [5.74, 6) is -0.551. The second-order valence-electron chi connectivity index (χ2n) is 10.8. The first kappa shape index (κ1) is 19.6. The van der Waals surface area contributed by atoms with Gasteiger partial charge in [-0.15, -0.1) is 0 Å². The van der Waals surface area contributed by atoms with Crippen molar-refractivity contribution in [3.8, 4) is 11.3 Å². The first-order valence-corrected chi connectivity index (χ1v) is 12.6. The van der Waals surface area contributed by atoms with Crippen molar-refractivity contribution < 1.29 is 5.79 Å². The van der Waals surface area contributed by atoms with Crippen molar-refractivity contribution in [3.63, 3.8) is 0 Å². The highest BCUT2D eigenvalue weighted by molar-refractivity contribution is 6.23. The Bertz CT molecular complexity index is 1780. The van der Waals surface area contributed by atoms with Crippen LogP contribution in [0.15, 0.2) is 89.5 Å². The molecule has 0 aliphatic heterocycles. The summed E-state index contributed by atoms with van der Waals surface area (Å²) >= 11 is 0. The third-order valence-corrected chi connectivity index (χ3v) is 8.02. The molecule has 0 spiro atoms. The highest BCUT2D eigenvalue weighted by Crippen LogP contribution is 2.44. The Labute approximate surface area is 207 Å². The minimum Gasteiger partial charge on any atom is -0.455 e. The fourth-order valence-electron chi connectivity index (χ4n) is 5.86. The van der Waals surface area contributed by atoms with Crippen LogP contribution in [0.5, 0.6) is 0 Å². The van der Waals surface area contributed by atoms with E-state index in [-0.39, 0.29) is 0 Å². The highest BCUT2D eigenvalue weighted by atomic mass is 16.3. The normalized spacial score (nSPS) is 17.8. The van der Waals surface area contributed by atoms with Gasteiger partial charge in [0.15, 0.2) is 0 Å². The van der Waals surface area contributed by atoms with Gasteiger partial charge in [0, 0.05) is 29.3 Å². The summed E-state index contributed by atoms with van der Waals surface area (Å²) < 4.78 is 16.0. The smallest absolute Gasteiger partial charge is 0.144 e. The summed E-state index contributed by atoms with van der Waals surface area (Å²) in [4.78, 5) is 4.75. The van der Waals surface area contributed by atoms with Gasteiger partial charge in [-0.2, -0.15) is 0 Å². The Balaban J connectivity index is 1.43. The molecule has 1 saturated carbocycles. The topological polar surface area (TPSA) is 26.0 Å². The van der Waals surface area contributed by atoms with E-state index >= 15 is 0 Å². The predicted octanol–water partition coefficient (Wildman–Crippen LogP) is 9.64. The number of furan rings is 1. The Morgan fingerprint density at radius 3 is 2.43 bits per heavy atom. The van der Waals surface area contributed by atoms with Crippen molar-refractivity contribution in [1.82, 2.24) is 4.98 Å². The molecular formula is C33H29NO. The van der Waals surface area contributed by atoms with Crippen LogP contribution in [0.3, 0.4) is 0 Å². The van der Waals surface area contributed by atoms with Crippen molar-refractivity contribution in [2.75, 3.05) is 0 Å². The summed E-state index contributed by atoms with van der Waals surface area (Å²) in [6, 6.07) is 27.7. The molecule has 1 aliphatic carbocycles. The third-order valence-electron chi connectivity index (χ3n) is 8.02. The van der Waals surface area contributed by atoms with E-state index in [9.17, 15) is 1.37 Å². The second kappa shape index (κ2) is 7.68. The largest absolute Gasteiger partial charge is 0.455 e. The Hall–Kier alpha value is -3.65. The van der Waals surface area contributed by atoms with Gasteiger partial charge in [0.2, 0.25) is 0 Å². The summed E-state index contributed by atoms with van der Waals surface area (Å²) in [5, 5.41) is 6.98. The van der Waals surface area contributed by atoms with Crippen LogP contribution in [-0.2, 0) is 0 Å². The lowest BCUT2D eigenvalue weighted by Gasteiger charge is -2.34. The number of para-hydroxylation sites is 1. The van der Waals surface area contributed by atoms with Gasteiger partial charge >= 0.3 is 0 Å². The molecule has 0 unspecified atom stereocenters. The van der Waals surface area contributed by atoms with Gasteiger partial charge < -0.3 is 4.42 Å². The molecule has 2 aromatic heterocycles. The molecule has 2 heterocycles. The molecule has 2 heteroatoms. The second-order valence-corrected chi connectivity index (χ2v) is 10.8. The van der Waals surface area contributed by atoms with Gasteiger partial charge in [0.1, 0.15) is 11.2 Å². The molecule has 7 rings (SSSR count). The minimum atomic E-state index is -0.551. The van der Waals surface area contributed by atoms with Gasteiger partial charge in [-0.05, 0) is 83.0 Å². The lowest BCUT2D eigenvalue weighted by molar-refractivity contribution is 0.224. The molecule has 1 aliphatic rings. The highest BCUT2D eigenvalue weighted by Gasteiger charge is 2.28. The summed E-state index contributed by atoms with van der Waals surface area (Å²) in [6.45, 7) is 4.64. The summed E-state index contributed by atoms with van der Waals surface area (Å²) in [7, 11) is 0. The molecule has 0 atom stereocenters. The molecule has 172 valence electrons. The van der Waals surface area contributed by atoms with Crippen molar-refractivity contribution in [3.05, 3.63) is 90.6 Å². The number of pyridine rings is 1. The first-order valence-electron chi connectivity index (χ1n) is 13.1. The van der Waals surface area contributed by atoms with Crippen molar-refractivity contribution in [2.24, 2.45) is 5.41 Å². The molecule has 1 fully saturated rings. The number of hydrogen-bond donors (Lipinski definition) is 0. The molecule has 0 N–H and O–H groups in total. The van der Waals surface area contributed by atoms with Gasteiger partial charge in [-0.1, -0.05) is 68.4 Å². The van der Waals surface area contributed by atoms with Gasteiger partial charge in [0.25, 0.3) is 0 Å². The number of rotatable bonds is 2. The number of aromatic nitrogens is 1. The van der Waals surface area contributed by atoms with Crippen LogP contribution < -0.4 is 0 Å². The third kappa shape index (κ3) is 3.35. The fourth-order valence-corrected chi connectivity index (χ4v) is 5.86. The predicted molar refractivity (Wildman–Crippen MR) is 147 cm³/mol. The van der Waals surface area contributed by atoms with E-state index in [1.807, 2.05) is 12.3 Å². The van der Waals surface area contributed by atoms with Crippen molar-refractivity contribution in [1.29, 1.82) is 0 Å². The zero-order chi connectivity index (χ0) is 24.5. The monoisotopic (exact) mass is 456 g/mol. The lowest BCUT2D eigenvalue weighted by Crippen LogP contribution is -2.20. The van der Waals surface area contributed by atoms with E-state index in [0.29, 0.717) is 5.41 Å². The van der Waals surface area contributed by atoms with Crippen LogP contribution in [0.1, 0.15) is 52.4 Å². The quantitative estimate of drug-likeness (QED) is 0.242. The fraction of sp³-hybridized carbons (Fsp3) is 0.242. The van der Waals surface area contributed by atoms with Crippen LogP contribution in [0.4, 0.5) is 0 Å². The maximum atomic E-state index is 9.26. The average Bonchev–Trinajstić information content (AvgIpc) is 3.29. The molecule has 6 aromatic rings. The summed E-state index contributed by atoms with van der Waals surface area (Å²) in [5.41, 5.74) is 5.04. The van der Waals surface area contributed by atoms with Crippen LogP contribution in [-0.4, -0.2) is 4.98 Å². The number of nitrogens with zero attached hydrogens (tertiary/aromatic N) is 1. The van der Waals surface area contributed by atoms with Crippen molar-refractivity contribution in [2.45, 2.75) is 45.4 Å². The Kier molecular flexibility index (Phi) is 4.31. The molecule has 35 heavy (non-hydrogen) atoms. The van der Waals surface area contributed by atoms with Gasteiger partial charge in [-0.3, -0.25) is 4.98 Å². The molecule has 4 aromatic carbocycles. The van der Waals surface area contributed by atoms with E-state index in [1.54, 1.807) is 0 Å². The molecule has 0 bridgehead atoms. The van der Waals surface area contributed by atoms with E-state index in [4.69, 9.17) is 9.40 Å². The summed E-state index contributed by atoms with van der Waals surface area (Å²) in [6.07, 6.45) is 5.79. The van der Waals surface area contributed by atoms with Crippen LogP contribution in [0, 0.1) is 5.41 Å². The zero-order valence-corrected chi connectivity index (χ0v) is 20.3. The Morgan fingerprint density at radius 2 is 1.54 bits per heavy atom. The average molecular weight is 457 g/mol. The molecule has 0 amide bonds. The molecule has 2 nitrogen and oxygen atoms in total. The van der Waals surface area contributed by atoms with Gasteiger partial charge in [-0.25, -0.2) is 0 Å². The standard InChI is InChI=1S/C33H29NO/c1-33(2)17-14-21(15-18-33)24-16-19-34-29(20-24)28-9-5-8-26-27-13-12-23-11-10-22-6-3-4-7-25(22)30(23)32(27)35-31(26)28/h3-13,16,19-21H,14-15,17-18H2,1-2H3/i21D. The number of fused-ring (bicyclic) bond motifs is 7. The SMILES string of the molecule is [2H]C1(c2ccnc(-c3cccc4c3oc3c4ccc4ccc5ccccc5c43)c2)CCC(C)(C)CC1. The van der Waals surface area contributed by atoms with Crippen LogP contribution >= 0.6 is 0 Å². The van der Waals surface area contributed by atoms with E-state index < -0.39 is 5.89 Å². The van der Waals surface area contributed by atoms with Crippen molar-refractivity contribution >= 4 is 43.5 Å². The first-order chi connectivity index (χ1) is 17.4. The number of hydrogen-bond acceptors (Lipinski definition) is 2. The number of benzene rings is 4. The zero-order valence-electron chi connectivity index (χ0n) is 21.3. The molecular weight excluding hydrogens is 426 g/mol. The van der Waals surface area contributed by atoms with Crippen LogP contribution in [0.2, 0.25) is 0 Å².